The monoisotopic (exact) mass is 311 g/mol. The molecule has 3 nitrogen and oxygen atoms in total. The fourth-order valence-electron chi connectivity index (χ4n) is 2.69. The summed E-state index contributed by atoms with van der Waals surface area (Å²) in [7, 11) is 0. The van der Waals surface area contributed by atoms with Crippen molar-refractivity contribution in [1.29, 1.82) is 0 Å². The van der Waals surface area contributed by atoms with E-state index in [-0.39, 0.29) is 0 Å². The van der Waals surface area contributed by atoms with E-state index in [0.29, 0.717) is 6.04 Å². The molecule has 0 saturated carbocycles. The summed E-state index contributed by atoms with van der Waals surface area (Å²) >= 11 is 1.86. The third-order valence-electron chi connectivity index (χ3n) is 3.61. The van der Waals surface area contributed by atoms with Crippen molar-refractivity contribution in [2.45, 2.75) is 38.6 Å². The largest absolute Gasteiger partial charge is 0.306 e. The summed E-state index contributed by atoms with van der Waals surface area (Å²) in [6, 6.07) is 10.9. The first-order valence-electron chi connectivity index (χ1n) is 7.68. The highest BCUT2D eigenvalue weighted by atomic mass is 32.2. The highest BCUT2D eigenvalue weighted by molar-refractivity contribution is 7.99. The summed E-state index contributed by atoms with van der Waals surface area (Å²) < 4.78 is 2.24. The van der Waals surface area contributed by atoms with Crippen LogP contribution in [0.1, 0.15) is 32.4 Å². The molecule has 114 valence electrons. The predicted molar refractivity (Wildman–Crippen MR) is 94.5 cm³/mol. The number of hydrogen-bond acceptors (Lipinski definition) is 3. The predicted octanol–water partition coefficient (Wildman–Crippen LogP) is 5.10. The van der Waals surface area contributed by atoms with Crippen LogP contribution in [-0.4, -0.2) is 20.3 Å². The number of thioether (sulfide) groups is 1. The Morgan fingerprint density at radius 3 is 2.73 bits per heavy atom. The topological polar surface area (TPSA) is 30.7 Å². The number of hydrogen-bond donors (Lipinski definition) is 0. The number of rotatable bonds is 4. The second-order valence-electron chi connectivity index (χ2n) is 5.68. The molecule has 3 aromatic rings. The molecule has 0 radical (unpaired) electrons. The van der Waals surface area contributed by atoms with E-state index in [1.54, 1.807) is 0 Å². The molecule has 2 aromatic heterocycles. The van der Waals surface area contributed by atoms with Gasteiger partial charge in [-0.15, -0.1) is 11.8 Å². The quantitative estimate of drug-likeness (QED) is 0.628. The van der Waals surface area contributed by atoms with Gasteiger partial charge in [-0.05, 0) is 44.2 Å². The van der Waals surface area contributed by atoms with Gasteiger partial charge in [-0.2, -0.15) is 0 Å². The van der Waals surface area contributed by atoms with Crippen molar-refractivity contribution in [1.82, 2.24) is 14.5 Å². The number of benzene rings is 1. The van der Waals surface area contributed by atoms with Gasteiger partial charge in [-0.3, -0.25) is 0 Å². The Kier molecular flexibility index (Phi) is 4.21. The van der Waals surface area contributed by atoms with Gasteiger partial charge in [0, 0.05) is 22.7 Å². The average Bonchev–Trinajstić information content (AvgIpc) is 2.86. The smallest absolute Gasteiger partial charge is 0.160 e. The van der Waals surface area contributed by atoms with Crippen LogP contribution < -0.4 is 0 Å². The number of imidazole rings is 1. The average molecular weight is 311 g/mol. The van der Waals surface area contributed by atoms with Crippen LogP contribution in [-0.2, 0) is 0 Å². The van der Waals surface area contributed by atoms with Gasteiger partial charge in [0.25, 0.3) is 0 Å². The van der Waals surface area contributed by atoms with Crippen LogP contribution >= 0.6 is 11.8 Å². The molecule has 22 heavy (non-hydrogen) atoms. The van der Waals surface area contributed by atoms with E-state index in [0.717, 1.165) is 28.3 Å². The van der Waals surface area contributed by atoms with E-state index < -0.39 is 0 Å². The maximum Gasteiger partial charge on any atom is 0.160 e. The zero-order valence-electron chi connectivity index (χ0n) is 13.5. The summed E-state index contributed by atoms with van der Waals surface area (Å²) in [4.78, 5) is 10.8. The first kappa shape index (κ1) is 15.1. The third-order valence-corrected chi connectivity index (χ3v) is 4.57. The van der Waals surface area contributed by atoms with Crippen LogP contribution in [0.25, 0.3) is 22.6 Å². The van der Waals surface area contributed by atoms with E-state index in [1.165, 1.54) is 10.5 Å². The maximum absolute atomic E-state index is 4.90. The molecule has 2 heterocycles. The van der Waals surface area contributed by atoms with Gasteiger partial charge >= 0.3 is 0 Å². The molecular weight excluding hydrogens is 290 g/mol. The number of aromatic nitrogens is 3. The lowest BCUT2D eigenvalue weighted by atomic mass is 10.2. The summed E-state index contributed by atoms with van der Waals surface area (Å²) in [6.45, 7) is 8.60. The summed E-state index contributed by atoms with van der Waals surface area (Å²) in [5.74, 6) is 2.07. The normalized spacial score (nSPS) is 11.5. The third kappa shape index (κ3) is 2.63. The van der Waals surface area contributed by atoms with E-state index in [4.69, 9.17) is 4.98 Å². The summed E-state index contributed by atoms with van der Waals surface area (Å²) in [5.41, 5.74) is 4.27. The van der Waals surface area contributed by atoms with Crippen molar-refractivity contribution in [2.75, 3.05) is 5.75 Å². The first-order valence-corrected chi connectivity index (χ1v) is 8.67. The lowest BCUT2D eigenvalue weighted by Gasteiger charge is -2.14. The Bertz CT molecular complexity index is 805. The molecule has 0 unspecified atom stereocenters. The minimum absolute atomic E-state index is 0.315. The zero-order chi connectivity index (χ0) is 15.7. The van der Waals surface area contributed by atoms with Crippen molar-refractivity contribution in [3.8, 4) is 11.4 Å². The molecular formula is C18H21N3S. The van der Waals surface area contributed by atoms with Crippen molar-refractivity contribution >= 4 is 22.9 Å². The number of nitrogens with zero attached hydrogens (tertiary/aromatic N) is 3. The van der Waals surface area contributed by atoms with Crippen LogP contribution in [0.15, 0.2) is 41.4 Å². The molecule has 4 heteroatoms. The molecule has 0 aliphatic carbocycles. The van der Waals surface area contributed by atoms with Crippen molar-refractivity contribution in [3.05, 3.63) is 42.1 Å². The molecule has 0 atom stereocenters. The van der Waals surface area contributed by atoms with Crippen LogP contribution in [0.3, 0.4) is 0 Å². The van der Waals surface area contributed by atoms with Crippen LogP contribution in [0, 0.1) is 6.92 Å². The Balaban J connectivity index is 2.28. The number of fused-ring (bicyclic) bond motifs is 1. The molecule has 0 saturated heterocycles. The highest BCUT2D eigenvalue weighted by Crippen LogP contribution is 2.34. The minimum Gasteiger partial charge on any atom is -0.306 e. The molecule has 1 aromatic carbocycles. The van der Waals surface area contributed by atoms with E-state index >= 15 is 0 Å². The molecule has 0 spiro atoms. The number of pyridine rings is 1. The van der Waals surface area contributed by atoms with Crippen LogP contribution in [0.2, 0.25) is 0 Å². The Hall–Kier alpha value is -1.81. The van der Waals surface area contributed by atoms with Crippen molar-refractivity contribution in [3.63, 3.8) is 0 Å². The van der Waals surface area contributed by atoms with Gasteiger partial charge in [0.05, 0.1) is 0 Å². The number of aryl methyl sites for hydroxylation is 1. The van der Waals surface area contributed by atoms with Crippen LogP contribution in [0.5, 0.6) is 0 Å². The van der Waals surface area contributed by atoms with Crippen molar-refractivity contribution < 1.29 is 0 Å². The van der Waals surface area contributed by atoms with E-state index in [9.17, 15) is 0 Å². The lowest BCUT2D eigenvalue weighted by molar-refractivity contribution is 0.619. The summed E-state index contributed by atoms with van der Waals surface area (Å²) in [5, 5.41) is 0. The van der Waals surface area contributed by atoms with Gasteiger partial charge in [-0.25, -0.2) is 9.97 Å². The second kappa shape index (κ2) is 6.13. The molecule has 3 rings (SSSR count). The van der Waals surface area contributed by atoms with Gasteiger partial charge in [0.1, 0.15) is 11.3 Å². The SMILES string of the molecule is CCSc1ccccc1-c1nc2cc(C)cnc2n1C(C)C. The fraction of sp³-hybridized carbons (Fsp3) is 0.333. The molecule has 0 aliphatic heterocycles. The fourth-order valence-corrected chi connectivity index (χ4v) is 3.50. The minimum atomic E-state index is 0.315. The first-order chi connectivity index (χ1) is 10.6. The summed E-state index contributed by atoms with van der Waals surface area (Å²) in [6.07, 6.45) is 1.92. The Labute approximate surface area is 135 Å². The Morgan fingerprint density at radius 1 is 1.23 bits per heavy atom. The van der Waals surface area contributed by atoms with Gasteiger partial charge in [-0.1, -0.05) is 25.1 Å². The van der Waals surface area contributed by atoms with Crippen LogP contribution in [0.4, 0.5) is 0 Å². The van der Waals surface area contributed by atoms with E-state index in [1.807, 2.05) is 18.0 Å². The highest BCUT2D eigenvalue weighted by Gasteiger charge is 2.18. The Morgan fingerprint density at radius 2 is 2.00 bits per heavy atom. The molecule has 0 fully saturated rings. The lowest BCUT2D eigenvalue weighted by Crippen LogP contribution is -2.04. The molecule has 0 N–H and O–H groups in total. The molecule has 0 bridgehead atoms. The van der Waals surface area contributed by atoms with Gasteiger partial charge in [0.15, 0.2) is 5.65 Å². The second-order valence-corrected chi connectivity index (χ2v) is 6.99. The zero-order valence-corrected chi connectivity index (χ0v) is 14.3. The van der Waals surface area contributed by atoms with Gasteiger partial charge < -0.3 is 4.57 Å². The van der Waals surface area contributed by atoms with Crippen molar-refractivity contribution in [2.24, 2.45) is 0 Å². The maximum atomic E-state index is 4.90. The standard InChI is InChI=1S/C18H21N3S/c1-5-22-16-9-7-6-8-14(16)17-20-15-10-13(4)11-19-18(15)21(17)12(2)3/h6-12H,5H2,1-4H3. The van der Waals surface area contributed by atoms with E-state index in [2.05, 4.69) is 67.6 Å². The van der Waals surface area contributed by atoms with Gasteiger partial charge in [0.2, 0.25) is 0 Å². The molecule has 0 aliphatic rings. The molecule has 0 amide bonds.